The van der Waals surface area contributed by atoms with Gasteiger partial charge in [0.1, 0.15) is 0 Å². The average molecular weight is 289 g/mol. The van der Waals surface area contributed by atoms with Crippen molar-refractivity contribution in [2.75, 3.05) is 0 Å². The molecule has 0 aliphatic rings. The molecule has 5 heteroatoms. The van der Waals surface area contributed by atoms with E-state index in [4.69, 9.17) is 28.3 Å². The van der Waals surface area contributed by atoms with Crippen molar-refractivity contribution in [1.82, 2.24) is 0 Å². The zero-order chi connectivity index (χ0) is 13.9. The third-order valence-electron chi connectivity index (χ3n) is 2.50. The number of benzene rings is 1. The molecule has 1 aromatic carbocycles. The number of ketones is 1. The molecule has 18 heavy (non-hydrogen) atoms. The summed E-state index contributed by atoms with van der Waals surface area (Å²) in [6.45, 7) is 3.48. The highest BCUT2D eigenvalue weighted by atomic mass is 35.5. The van der Waals surface area contributed by atoms with Gasteiger partial charge in [-0.15, -0.1) is 0 Å². The Morgan fingerprint density at radius 3 is 2.33 bits per heavy atom. The number of halogens is 2. The van der Waals surface area contributed by atoms with Gasteiger partial charge >= 0.3 is 5.97 Å². The molecule has 0 amide bonds. The molecule has 0 fully saturated rings. The highest BCUT2D eigenvalue weighted by Gasteiger charge is 2.26. The molecule has 0 radical (unpaired) electrons. The minimum atomic E-state index is -0.921. The summed E-state index contributed by atoms with van der Waals surface area (Å²) in [6.07, 6.45) is 0.0601. The molecular formula is C13H14Cl2O3. The Hall–Kier alpha value is -1.06. The number of carboxylic acid groups (broad SMARTS) is 1. The van der Waals surface area contributed by atoms with Crippen LogP contribution in [-0.4, -0.2) is 16.9 Å². The number of hydrogen-bond acceptors (Lipinski definition) is 2. The van der Waals surface area contributed by atoms with Crippen molar-refractivity contribution < 1.29 is 14.7 Å². The van der Waals surface area contributed by atoms with E-state index in [0.717, 1.165) is 0 Å². The van der Waals surface area contributed by atoms with Gasteiger partial charge in [0.2, 0.25) is 0 Å². The Labute approximate surface area is 116 Å². The first kappa shape index (κ1) is 15.0. The van der Waals surface area contributed by atoms with Crippen LogP contribution in [0.4, 0.5) is 0 Å². The predicted molar refractivity (Wildman–Crippen MR) is 71.4 cm³/mol. The molecule has 1 aromatic rings. The van der Waals surface area contributed by atoms with Crippen molar-refractivity contribution in [2.45, 2.75) is 26.7 Å². The van der Waals surface area contributed by atoms with Gasteiger partial charge in [0.25, 0.3) is 0 Å². The molecule has 98 valence electrons. The third-order valence-corrected chi connectivity index (χ3v) is 3.05. The van der Waals surface area contributed by atoms with Gasteiger partial charge in [0.15, 0.2) is 5.78 Å². The average Bonchev–Trinajstić information content (AvgIpc) is 2.13. The lowest BCUT2D eigenvalue weighted by Gasteiger charge is -2.21. The van der Waals surface area contributed by atoms with Crippen LogP contribution < -0.4 is 0 Å². The van der Waals surface area contributed by atoms with Crippen LogP contribution in [0.1, 0.15) is 37.0 Å². The molecule has 0 unspecified atom stereocenters. The molecule has 0 heterocycles. The van der Waals surface area contributed by atoms with E-state index in [-0.39, 0.29) is 18.6 Å². The number of Topliss-reactive ketones (excluding diaryl/α,β-unsaturated/α-hetero) is 1. The van der Waals surface area contributed by atoms with Gasteiger partial charge in [-0.05, 0) is 23.6 Å². The first-order chi connectivity index (χ1) is 8.21. The van der Waals surface area contributed by atoms with E-state index in [9.17, 15) is 9.59 Å². The fourth-order valence-corrected chi connectivity index (χ4v) is 2.23. The van der Waals surface area contributed by atoms with Gasteiger partial charge in [-0.2, -0.15) is 0 Å². The smallest absolute Gasteiger partial charge is 0.303 e. The zero-order valence-corrected chi connectivity index (χ0v) is 11.7. The maximum absolute atomic E-state index is 12.1. The Kier molecular flexibility index (Phi) is 4.77. The van der Waals surface area contributed by atoms with Crippen molar-refractivity contribution in [3.63, 3.8) is 0 Å². The summed E-state index contributed by atoms with van der Waals surface area (Å²) in [6, 6.07) is 4.65. The van der Waals surface area contributed by atoms with Crippen LogP contribution in [0.5, 0.6) is 0 Å². The van der Waals surface area contributed by atoms with Gasteiger partial charge in [0, 0.05) is 17.0 Å². The van der Waals surface area contributed by atoms with Crippen LogP contribution in [-0.2, 0) is 4.79 Å². The second-order valence-electron chi connectivity index (χ2n) is 4.96. The van der Waals surface area contributed by atoms with E-state index in [1.807, 2.05) is 0 Å². The van der Waals surface area contributed by atoms with Gasteiger partial charge in [-0.3, -0.25) is 9.59 Å². The van der Waals surface area contributed by atoms with Crippen LogP contribution >= 0.6 is 23.2 Å². The summed E-state index contributed by atoms with van der Waals surface area (Å²) >= 11 is 11.7. The van der Waals surface area contributed by atoms with Crippen LogP contribution in [0.2, 0.25) is 10.0 Å². The highest BCUT2D eigenvalue weighted by molar-refractivity contribution is 6.36. The second kappa shape index (κ2) is 5.72. The van der Waals surface area contributed by atoms with Gasteiger partial charge in [-0.25, -0.2) is 0 Å². The Morgan fingerprint density at radius 1 is 1.22 bits per heavy atom. The van der Waals surface area contributed by atoms with Crippen LogP contribution in [0, 0.1) is 5.41 Å². The number of carbonyl (C=O) groups excluding carboxylic acids is 1. The largest absolute Gasteiger partial charge is 0.481 e. The highest BCUT2D eigenvalue weighted by Crippen LogP contribution is 2.29. The SMILES string of the molecule is CC(C)(CC(=O)O)CC(=O)c1ccc(Cl)cc1Cl. The maximum atomic E-state index is 12.1. The summed E-state index contributed by atoms with van der Waals surface area (Å²) < 4.78 is 0. The molecule has 0 saturated carbocycles. The number of hydrogen-bond donors (Lipinski definition) is 1. The van der Waals surface area contributed by atoms with Crippen LogP contribution in [0.25, 0.3) is 0 Å². The van der Waals surface area contributed by atoms with Crippen molar-refractivity contribution in [1.29, 1.82) is 0 Å². The van der Waals surface area contributed by atoms with Crippen molar-refractivity contribution in [2.24, 2.45) is 5.41 Å². The molecule has 0 aliphatic carbocycles. The van der Waals surface area contributed by atoms with E-state index >= 15 is 0 Å². The zero-order valence-electron chi connectivity index (χ0n) is 10.2. The fraction of sp³-hybridized carbons (Fsp3) is 0.385. The van der Waals surface area contributed by atoms with Crippen molar-refractivity contribution >= 4 is 35.0 Å². The predicted octanol–water partition coefficient (Wildman–Crippen LogP) is 4.07. The van der Waals surface area contributed by atoms with E-state index in [0.29, 0.717) is 15.6 Å². The Morgan fingerprint density at radius 2 is 1.83 bits per heavy atom. The fourth-order valence-electron chi connectivity index (χ4n) is 1.72. The minimum absolute atomic E-state index is 0.0655. The lowest BCUT2D eigenvalue weighted by atomic mass is 9.82. The van der Waals surface area contributed by atoms with E-state index in [2.05, 4.69) is 0 Å². The molecule has 0 saturated heterocycles. The topological polar surface area (TPSA) is 54.4 Å². The number of rotatable bonds is 5. The van der Waals surface area contributed by atoms with Crippen LogP contribution in [0.3, 0.4) is 0 Å². The van der Waals surface area contributed by atoms with E-state index in [1.54, 1.807) is 26.0 Å². The van der Waals surface area contributed by atoms with E-state index < -0.39 is 11.4 Å². The quantitative estimate of drug-likeness (QED) is 0.831. The Bertz CT molecular complexity index is 481. The lowest BCUT2D eigenvalue weighted by Crippen LogP contribution is -2.21. The molecule has 0 bridgehead atoms. The lowest BCUT2D eigenvalue weighted by molar-refractivity contribution is -0.139. The van der Waals surface area contributed by atoms with Gasteiger partial charge in [0.05, 0.1) is 11.4 Å². The number of carboxylic acids is 1. The van der Waals surface area contributed by atoms with Gasteiger partial charge in [-0.1, -0.05) is 37.0 Å². The summed E-state index contributed by atoms with van der Waals surface area (Å²) in [7, 11) is 0. The third kappa shape index (κ3) is 4.31. The molecule has 3 nitrogen and oxygen atoms in total. The maximum Gasteiger partial charge on any atom is 0.303 e. The summed E-state index contributed by atoms with van der Waals surface area (Å²) in [5.74, 6) is -1.10. The molecular weight excluding hydrogens is 275 g/mol. The normalized spacial score (nSPS) is 11.3. The summed E-state index contributed by atoms with van der Waals surface area (Å²) in [4.78, 5) is 22.7. The van der Waals surface area contributed by atoms with Gasteiger partial charge < -0.3 is 5.11 Å². The number of aliphatic carboxylic acids is 1. The number of carbonyl (C=O) groups is 2. The van der Waals surface area contributed by atoms with Crippen molar-refractivity contribution in [3.05, 3.63) is 33.8 Å². The second-order valence-corrected chi connectivity index (χ2v) is 5.80. The molecule has 0 spiro atoms. The van der Waals surface area contributed by atoms with Crippen molar-refractivity contribution in [3.8, 4) is 0 Å². The molecule has 1 N–H and O–H groups in total. The molecule has 0 aliphatic heterocycles. The first-order valence-electron chi connectivity index (χ1n) is 5.41. The standard InChI is InChI=1S/C13H14Cl2O3/c1-13(2,7-12(17)18)6-11(16)9-4-3-8(14)5-10(9)15/h3-5H,6-7H2,1-2H3,(H,17,18). The Balaban J connectivity index is 2.85. The van der Waals surface area contributed by atoms with E-state index in [1.165, 1.54) is 6.07 Å². The summed E-state index contributed by atoms with van der Waals surface area (Å²) in [5.41, 5.74) is -0.231. The van der Waals surface area contributed by atoms with Crippen LogP contribution in [0.15, 0.2) is 18.2 Å². The first-order valence-corrected chi connectivity index (χ1v) is 6.17. The minimum Gasteiger partial charge on any atom is -0.481 e. The molecule has 0 aromatic heterocycles. The summed E-state index contributed by atoms with van der Waals surface area (Å²) in [5, 5.41) is 9.52. The molecule has 0 atom stereocenters. The molecule has 1 rings (SSSR count). The monoisotopic (exact) mass is 288 g/mol.